The van der Waals surface area contributed by atoms with Crippen LogP contribution in [0.1, 0.15) is 5.56 Å². The van der Waals surface area contributed by atoms with Gasteiger partial charge in [0.15, 0.2) is 11.5 Å². The van der Waals surface area contributed by atoms with E-state index in [9.17, 15) is 18.0 Å². The molecule has 1 aliphatic heterocycles. The molecule has 4 rings (SSSR count). The summed E-state index contributed by atoms with van der Waals surface area (Å²) in [6, 6.07) is 5.64. The van der Waals surface area contributed by atoms with Crippen LogP contribution in [-0.2, 0) is 6.18 Å². The molecule has 0 bridgehead atoms. The summed E-state index contributed by atoms with van der Waals surface area (Å²) in [5.74, 6) is 0.923. The molecule has 4 N–H and O–H groups in total. The van der Waals surface area contributed by atoms with Gasteiger partial charge >= 0.3 is 12.3 Å². The third-order valence-corrected chi connectivity index (χ3v) is 4.98. The Morgan fingerprint density at radius 2 is 1.89 bits per heavy atom. The van der Waals surface area contributed by atoms with Crippen molar-refractivity contribution >= 4 is 33.3 Å². The Morgan fingerprint density at radius 3 is 2.57 bits per heavy atom. The van der Waals surface area contributed by atoms with Crippen LogP contribution in [0.25, 0.3) is 21.5 Å². The highest BCUT2D eigenvalue weighted by molar-refractivity contribution is 7.21. The first-order chi connectivity index (χ1) is 13.2. The number of carbonyl (C=O) groups excluding carboxylic acids is 1. The highest BCUT2D eigenvalue weighted by Crippen LogP contribution is 2.47. The minimum absolute atomic E-state index is 0.0338. The Bertz CT molecular complexity index is 1100. The molecule has 1 amide bonds. The Balaban J connectivity index is 1.91. The summed E-state index contributed by atoms with van der Waals surface area (Å²) in [5.41, 5.74) is 9.84. The van der Waals surface area contributed by atoms with Gasteiger partial charge in [-0.1, -0.05) is 11.3 Å². The molecular formula is C17H12F3N3O4S. The predicted octanol–water partition coefficient (Wildman–Crippen LogP) is 3.79. The summed E-state index contributed by atoms with van der Waals surface area (Å²) in [6.45, 7) is 0.734. The quantitative estimate of drug-likeness (QED) is 0.664. The van der Waals surface area contributed by atoms with Crippen molar-refractivity contribution in [2.75, 3.05) is 18.9 Å². The predicted molar refractivity (Wildman–Crippen MR) is 95.7 cm³/mol. The zero-order valence-corrected chi connectivity index (χ0v) is 14.8. The van der Waals surface area contributed by atoms with E-state index in [0.717, 1.165) is 6.07 Å². The van der Waals surface area contributed by atoms with E-state index in [2.05, 4.69) is 4.98 Å². The van der Waals surface area contributed by atoms with Crippen LogP contribution >= 0.6 is 11.3 Å². The summed E-state index contributed by atoms with van der Waals surface area (Å²) < 4.78 is 56.6. The monoisotopic (exact) mass is 411 g/mol. The lowest BCUT2D eigenvalue weighted by Crippen LogP contribution is -2.16. The number of anilines is 1. The molecule has 0 saturated heterocycles. The smallest absolute Gasteiger partial charge is 0.417 e. The van der Waals surface area contributed by atoms with E-state index in [4.69, 9.17) is 25.7 Å². The van der Waals surface area contributed by atoms with Crippen molar-refractivity contribution in [1.82, 2.24) is 4.98 Å². The number of ether oxygens (including phenoxy) is 3. The second-order valence-corrected chi connectivity index (χ2v) is 6.78. The zero-order chi connectivity index (χ0) is 20.1. The molecule has 3 aromatic rings. The van der Waals surface area contributed by atoms with E-state index in [1.807, 2.05) is 0 Å². The number of thiophene rings is 1. The Labute approximate surface area is 159 Å². The van der Waals surface area contributed by atoms with Crippen LogP contribution in [0.15, 0.2) is 24.3 Å². The van der Waals surface area contributed by atoms with Crippen LogP contribution in [-0.4, -0.2) is 24.3 Å². The minimum Gasteiger partial charge on any atom is -0.486 e. The van der Waals surface area contributed by atoms with Gasteiger partial charge in [0.25, 0.3) is 0 Å². The van der Waals surface area contributed by atoms with E-state index in [1.54, 1.807) is 18.2 Å². The molecule has 0 fully saturated rings. The van der Waals surface area contributed by atoms with E-state index in [0.29, 0.717) is 41.6 Å². The SMILES string of the molecule is NC(=O)Oc1sc2nc(-c3ccc4c(c3)OCCO4)cc(C(F)(F)F)c2c1N. The van der Waals surface area contributed by atoms with Crippen molar-refractivity contribution in [2.45, 2.75) is 6.18 Å². The first kappa shape index (κ1) is 18.2. The number of carbonyl (C=O) groups is 1. The second-order valence-electron chi connectivity index (χ2n) is 5.82. The average Bonchev–Trinajstić information content (AvgIpc) is 2.94. The molecule has 146 valence electrons. The highest BCUT2D eigenvalue weighted by Gasteiger charge is 2.36. The molecule has 0 radical (unpaired) electrons. The number of hydrogen-bond donors (Lipinski definition) is 2. The molecule has 0 aliphatic carbocycles. The Morgan fingerprint density at radius 1 is 1.18 bits per heavy atom. The summed E-state index contributed by atoms with van der Waals surface area (Å²) in [7, 11) is 0. The van der Waals surface area contributed by atoms with E-state index >= 15 is 0 Å². The largest absolute Gasteiger partial charge is 0.486 e. The summed E-state index contributed by atoms with van der Waals surface area (Å²) >= 11 is 0.705. The fraction of sp³-hybridized carbons (Fsp3) is 0.176. The lowest BCUT2D eigenvalue weighted by Gasteiger charge is -2.19. The van der Waals surface area contributed by atoms with Crippen molar-refractivity contribution in [3.63, 3.8) is 0 Å². The van der Waals surface area contributed by atoms with Crippen LogP contribution in [0.5, 0.6) is 16.6 Å². The number of aromatic nitrogens is 1. The van der Waals surface area contributed by atoms with E-state index < -0.39 is 17.8 Å². The summed E-state index contributed by atoms with van der Waals surface area (Å²) in [4.78, 5) is 15.2. The van der Waals surface area contributed by atoms with Gasteiger partial charge < -0.3 is 25.7 Å². The molecular weight excluding hydrogens is 399 g/mol. The number of pyridine rings is 1. The van der Waals surface area contributed by atoms with Gasteiger partial charge in [0.1, 0.15) is 18.0 Å². The second kappa shape index (κ2) is 6.44. The maximum Gasteiger partial charge on any atom is 0.417 e. The van der Waals surface area contributed by atoms with Crippen molar-refractivity contribution in [2.24, 2.45) is 5.73 Å². The molecule has 11 heteroatoms. The molecule has 0 spiro atoms. The third-order valence-electron chi connectivity index (χ3n) is 4.00. The third kappa shape index (κ3) is 3.13. The fourth-order valence-electron chi connectivity index (χ4n) is 2.84. The van der Waals surface area contributed by atoms with Crippen molar-refractivity contribution in [3.8, 4) is 27.8 Å². The number of rotatable bonds is 2. The number of fused-ring (bicyclic) bond motifs is 2. The van der Waals surface area contributed by atoms with Gasteiger partial charge in [-0.3, -0.25) is 0 Å². The number of benzene rings is 1. The molecule has 0 saturated carbocycles. The number of nitrogens with two attached hydrogens (primary N) is 2. The number of hydrogen-bond acceptors (Lipinski definition) is 7. The van der Waals surface area contributed by atoms with Crippen molar-refractivity contribution in [3.05, 3.63) is 29.8 Å². The highest BCUT2D eigenvalue weighted by atomic mass is 32.1. The molecule has 28 heavy (non-hydrogen) atoms. The molecule has 0 unspecified atom stereocenters. The molecule has 1 aromatic carbocycles. The number of halogens is 3. The maximum absolute atomic E-state index is 13.7. The summed E-state index contributed by atoms with van der Waals surface area (Å²) in [6.07, 6.45) is -5.89. The van der Waals surface area contributed by atoms with Gasteiger partial charge in [-0.25, -0.2) is 9.78 Å². The number of primary amides is 1. The van der Waals surface area contributed by atoms with Crippen molar-refractivity contribution in [1.29, 1.82) is 0 Å². The average molecular weight is 411 g/mol. The molecule has 7 nitrogen and oxygen atoms in total. The van der Waals surface area contributed by atoms with Gasteiger partial charge in [0.05, 0.1) is 22.3 Å². The van der Waals surface area contributed by atoms with Gasteiger partial charge in [-0.15, -0.1) is 0 Å². The molecule has 0 atom stereocenters. The number of nitrogen functional groups attached to an aromatic ring is 1. The van der Waals surface area contributed by atoms with Gasteiger partial charge in [0, 0.05) is 5.56 Å². The normalized spacial score (nSPS) is 13.5. The molecule has 1 aliphatic rings. The van der Waals surface area contributed by atoms with Crippen LogP contribution in [0.4, 0.5) is 23.7 Å². The van der Waals surface area contributed by atoms with Gasteiger partial charge in [-0.2, -0.15) is 13.2 Å². The summed E-state index contributed by atoms with van der Waals surface area (Å²) in [5, 5.41) is -0.574. The Hall–Kier alpha value is -3.21. The van der Waals surface area contributed by atoms with Crippen LogP contribution in [0.3, 0.4) is 0 Å². The van der Waals surface area contributed by atoms with Gasteiger partial charge in [0.2, 0.25) is 5.06 Å². The van der Waals surface area contributed by atoms with E-state index in [-0.39, 0.29) is 26.7 Å². The molecule has 3 heterocycles. The zero-order valence-electron chi connectivity index (χ0n) is 14.0. The van der Waals surface area contributed by atoms with Gasteiger partial charge in [-0.05, 0) is 24.3 Å². The Kier molecular flexibility index (Phi) is 4.18. The lowest BCUT2D eigenvalue weighted by molar-refractivity contribution is -0.136. The minimum atomic E-state index is -4.71. The van der Waals surface area contributed by atoms with Crippen LogP contribution in [0, 0.1) is 0 Å². The first-order valence-corrected chi connectivity index (χ1v) is 8.73. The fourth-order valence-corrected chi connectivity index (χ4v) is 3.82. The number of alkyl halides is 3. The lowest BCUT2D eigenvalue weighted by atomic mass is 10.1. The number of amides is 1. The topological polar surface area (TPSA) is 110 Å². The first-order valence-electron chi connectivity index (χ1n) is 7.91. The van der Waals surface area contributed by atoms with E-state index in [1.165, 1.54) is 0 Å². The number of nitrogens with zero attached hydrogens (tertiary/aromatic N) is 1. The maximum atomic E-state index is 13.7. The standard InChI is InChI=1S/C17H12F3N3O4S/c18-17(19,20)8-6-9(7-1-2-10-11(5-7)26-4-3-25-10)23-14-12(8)13(21)15(28-14)27-16(22)24/h1-2,5-6H,3-4,21H2,(H2,22,24). The van der Waals surface area contributed by atoms with Crippen LogP contribution in [0.2, 0.25) is 0 Å². The van der Waals surface area contributed by atoms with Crippen LogP contribution < -0.4 is 25.7 Å². The molecule has 2 aromatic heterocycles. The van der Waals surface area contributed by atoms with Crippen molar-refractivity contribution < 1.29 is 32.2 Å².